The molecule has 1 saturated heterocycles. The number of piperazine rings is 1. The topological polar surface area (TPSA) is 56.9 Å². The van der Waals surface area contributed by atoms with E-state index in [4.69, 9.17) is 18.0 Å². The number of benzene rings is 1. The lowest BCUT2D eigenvalue weighted by atomic mass is 9.94. The third-order valence-electron chi connectivity index (χ3n) is 5.11. The van der Waals surface area contributed by atoms with Gasteiger partial charge in [0.25, 0.3) is 0 Å². The fraction of sp³-hybridized carbons (Fsp3) is 0.556. The van der Waals surface area contributed by atoms with Gasteiger partial charge in [-0.1, -0.05) is 25.3 Å². The number of hydrogen-bond donors (Lipinski definition) is 2. The number of nitrogens with zero attached hydrogens (tertiary/aromatic N) is 3. The van der Waals surface area contributed by atoms with Crippen LogP contribution in [0.3, 0.4) is 0 Å². The summed E-state index contributed by atoms with van der Waals surface area (Å²) in [5, 5.41) is 4.17. The van der Waals surface area contributed by atoms with Gasteiger partial charge in [-0.15, -0.1) is 0 Å². The third-order valence-corrected chi connectivity index (χ3v) is 5.83. The molecule has 1 aliphatic carbocycles. The molecule has 136 valence electrons. The molecular formula is C18H26BrN5S. The Morgan fingerprint density at radius 1 is 1.20 bits per heavy atom. The van der Waals surface area contributed by atoms with Gasteiger partial charge in [0.1, 0.15) is 0 Å². The number of nitrogens with one attached hydrogen (secondary N) is 1. The van der Waals surface area contributed by atoms with Gasteiger partial charge in [0, 0.05) is 36.7 Å². The Hall–Kier alpha value is -1.18. The van der Waals surface area contributed by atoms with E-state index >= 15 is 0 Å². The lowest BCUT2D eigenvalue weighted by Gasteiger charge is -2.41. The summed E-state index contributed by atoms with van der Waals surface area (Å²) >= 11 is 8.44. The molecule has 2 aliphatic rings. The fourth-order valence-electron chi connectivity index (χ4n) is 3.80. The monoisotopic (exact) mass is 423 g/mol. The molecule has 0 atom stereocenters. The first-order valence-corrected chi connectivity index (χ1v) is 10.2. The number of anilines is 1. The van der Waals surface area contributed by atoms with Crippen LogP contribution in [-0.4, -0.2) is 48.4 Å². The number of hydrazone groups is 1. The number of rotatable bonds is 4. The van der Waals surface area contributed by atoms with E-state index in [2.05, 4.69) is 54.5 Å². The summed E-state index contributed by atoms with van der Waals surface area (Å²) < 4.78 is 1.10. The van der Waals surface area contributed by atoms with Crippen LogP contribution >= 0.6 is 28.1 Å². The zero-order valence-corrected chi connectivity index (χ0v) is 16.9. The van der Waals surface area contributed by atoms with Crippen LogP contribution in [-0.2, 0) is 0 Å². The second kappa shape index (κ2) is 8.96. The molecule has 1 aromatic carbocycles. The van der Waals surface area contributed by atoms with Crippen molar-refractivity contribution in [3.8, 4) is 0 Å². The maximum absolute atomic E-state index is 5.36. The van der Waals surface area contributed by atoms with E-state index in [9.17, 15) is 0 Å². The molecule has 0 radical (unpaired) electrons. The quantitative estimate of drug-likeness (QED) is 0.442. The normalized spacial score (nSPS) is 20.1. The molecule has 0 amide bonds. The first-order chi connectivity index (χ1) is 12.1. The number of hydrogen-bond acceptors (Lipinski definition) is 4. The SMILES string of the molecule is NC(=S)N/N=C/c1ccc(N2CCN(C3CCCCC3)CC2)c(Br)c1. The second-order valence-corrected chi connectivity index (χ2v) is 8.05. The summed E-state index contributed by atoms with van der Waals surface area (Å²) in [5.41, 5.74) is 10.2. The van der Waals surface area contributed by atoms with Crippen LogP contribution in [0.15, 0.2) is 27.8 Å². The zero-order valence-electron chi connectivity index (χ0n) is 14.5. The molecule has 0 bridgehead atoms. The minimum Gasteiger partial charge on any atom is -0.375 e. The van der Waals surface area contributed by atoms with E-state index in [1.807, 2.05) is 0 Å². The molecule has 0 spiro atoms. The minimum absolute atomic E-state index is 0.169. The smallest absolute Gasteiger partial charge is 0.184 e. The molecule has 25 heavy (non-hydrogen) atoms. The Balaban J connectivity index is 1.57. The Kier molecular flexibility index (Phi) is 6.67. The van der Waals surface area contributed by atoms with Crippen LogP contribution in [0.1, 0.15) is 37.7 Å². The molecule has 0 aromatic heterocycles. The summed E-state index contributed by atoms with van der Waals surface area (Å²) in [6.07, 6.45) is 8.72. The molecular weight excluding hydrogens is 398 g/mol. The van der Waals surface area contributed by atoms with Crippen LogP contribution in [0.4, 0.5) is 5.69 Å². The molecule has 1 aliphatic heterocycles. The van der Waals surface area contributed by atoms with Gasteiger partial charge >= 0.3 is 0 Å². The largest absolute Gasteiger partial charge is 0.375 e. The average molecular weight is 424 g/mol. The van der Waals surface area contributed by atoms with Gasteiger partial charge in [-0.2, -0.15) is 5.10 Å². The number of thiocarbonyl (C=S) groups is 1. The van der Waals surface area contributed by atoms with E-state index in [0.29, 0.717) is 0 Å². The first kappa shape index (κ1) is 18.6. The van der Waals surface area contributed by atoms with Crippen LogP contribution in [0.5, 0.6) is 0 Å². The maximum atomic E-state index is 5.36. The molecule has 7 heteroatoms. The van der Waals surface area contributed by atoms with Gasteiger partial charge in [-0.25, -0.2) is 0 Å². The summed E-state index contributed by atoms with van der Waals surface area (Å²) in [7, 11) is 0. The van der Waals surface area contributed by atoms with E-state index in [-0.39, 0.29) is 5.11 Å². The van der Waals surface area contributed by atoms with Gasteiger partial charge < -0.3 is 10.6 Å². The molecule has 1 aromatic rings. The Morgan fingerprint density at radius 3 is 2.56 bits per heavy atom. The van der Waals surface area contributed by atoms with E-state index in [1.54, 1.807) is 6.21 Å². The van der Waals surface area contributed by atoms with Crippen molar-refractivity contribution in [2.24, 2.45) is 10.8 Å². The highest BCUT2D eigenvalue weighted by Gasteiger charge is 2.25. The van der Waals surface area contributed by atoms with Crippen molar-refractivity contribution in [1.29, 1.82) is 0 Å². The summed E-state index contributed by atoms with van der Waals surface area (Å²) in [6, 6.07) is 7.12. The first-order valence-electron chi connectivity index (χ1n) is 9.00. The fourth-order valence-corrected chi connectivity index (χ4v) is 4.50. The van der Waals surface area contributed by atoms with Crippen molar-refractivity contribution in [1.82, 2.24) is 10.3 Å². The molecule has 1 heterocycles. The van der Waals surface area contributed by atoms with Crippen LogP contribution < -0.4 is 16.1 Å². The molecule has 5 nitrogen and oxygen atoms in total. The highest BCUT2D eigenvalue weighted by Crippen LogP contribution is 2.29. The highest BCUT2D eigenvalue weighted by atomic mass is 79.9. The predicted octanol–water partition coefficient (Wildman–Crippen LogP) is 3.07. The molecule has 2 fully saturated rings. The molecule has 3 rings (SSSR count). The van der Waals surface area contributed by atoms with Gasteiger partial charge in [0.15, 0.2) is 5.11 Å². The van der Waals surface area contributed by atoms with E-state index in [0.717, 1.165) is 42.3 Å². The minimum atomic E-state index is 0.169. The summed E-state index contributed by atoms with van der Waals surface area (Å²) in [6.45, 7) is 4.51. The number of nitrogens with two attached hydrogens (primary N) is 1. The van der Waals surface area contributed by atoms with Crippen molar-refractivity contribution in [2.75, 3.05) is 31.1 Å². The standard InChI is InChI=1S/C18H26BrN5S/c19-16-12-14(13-21-22-18(20)25)6-7-17(16)24-10-8-23(9-11-24)15-4-2-1-3-5-15/h6-7,12-13,15H,1-5,8-11H2,(H3,20,22,25)/b21-13+. The highest BCUT2D eigenvalue weighted by molar-refractivity contribution is 9.10. The third kappa shape index (κ3) is 5.15. The van der Waals surface area contributed by atoms with Gasteiger partial charge in [0.2, 0.25) is 0 Å². The van der Waals surface area contributed by atoms with Gasteiger partial charge in [0.05, 0.1) is 11.9 Å². The lowest BCUT2D eigenvalue weighted by molar-refractivity contribution is 0.148. The van der Waals surface area contributed by atoms with Gasteiger partial charge in [-0.05, 0) is 58.7 Å². The maximum Gasteiger partial charge on any atom is 0.184 e. The van der Waals surface area contributed by atoms with Crippen molar-refractivity contribution >= 4 is 45.2 Å². The molecule has 1 saturated carbocycles. The molecule has 3 N–H and O–H groups in total. The van der Waals surface area contributed by atoms with Crippen LogP contribution in [0.2, 0.25) is 0 Å². The van der Waals surface area contributed by atoms with Crippen molar-refractivity contribution in [2.45, 2.75) is 38.1 Å². The number of halogens is 1. The second-order valence-electron chi connectivity index (χ2n) is 6.76. The molecule has 0 unspecified atom stereocenters. The zero-order chi connectivity index (χ0) is 17.6. The summed E-state index contributed by atoms with van der Waals surface area (Å²) in [5.74, 6) is 0. The van der Waals surface area contributed by atoms with Crippen molar-refractivity contribution in [3.63, 3.8) is 0 Å². The Morgan fingerprint density at radius 2 is 1.92 bits per heavy atom. The van der Waals surface area contributed by atoms with Crippen molar-refractivity contribution in [3.05, 3.63) is 28.2 Å². The van der Waals surface area contributed by atoms with Crippen LogP contribution in [0.25, 0.3) is 0 Å². The lowest BCUT2D eigenvalue weighted by Crippen LogP contribution is -2.50. The average Bonchev–Trinajstić information content (AvgIpc) is 2.63. The van der Waals surface area contributed by atoms with Crippen molar-refractivity contribution < 1.29 is 0 Å². The van der Waals surface area contributed by atoms with E-state index < -0.39 is 0 Å². The van der Waals surface area contributed by atoms with Crippen LogP contribution in [0, 0.1) is 0 Å². The van der Waals surface area contributed by atoms with E-state index in [1.165, 1.54) is 37.8 Å². The van der Waals surface area contributed by atoms with Gasteiger partial charge in [-0.3, -0.25) is 10.3 Å². The summed E-state index contributed by atoms with van der Waals surface area (Å²) in [4.78, 5) is 5.17. The predicted molar refractivity (Wildman–Crippen MR) is 112 cm³/mol. The Labute approximate surface area is 163 Å². The Bertz CT molecular complexity index is 622.